The molecule has 0 saturated carbocycles. The molecule has 0 aliphatic heterocycles. The molecule has 0 fully saturated rings. The molecule has 0 aliphatic carbocycles. The maximum absolute atomic E-state index is 10.3. The third-order valence-electron chi connectivity index (χ3n) is 0.950. The standard InChI is InChI=1S/C6H8O2.C2H6O2/c1-4(5(2)7)6(3)8;3-1-2-4/h1H2,2-3H3;3-4H,1-2H2. The smallest absolute Gasteiger partial charge is 0.162 e. The topological polar surface area (TPSA) is 74.6 Å². The van der Waals surface area contributed by atoms with Crippen molar-refractivity contribution in [2.75, 3.05) is 13.2 Å². The quantitative estimate of drug-likeness (QED) is 0.349. The van der Waals surface area contributed by atoms with Crippen LogP contribution in [-0.4, -0.2) is 35.0 Å². The van der Waals surface area contributed by atoms with Gasteiger partial charge in [-0.1, -0.05) is 6.58 Å². The Morgan fingerprint density at radius 2 is 1.33 bits per heavy atom. The summed E-state index contributed by atoms with van der Waals surface area (Å²) in [7, 11) is 0. The highest BCUT2D eigenvalue weighted by atomic mass is 16.3. The van der Waals surface area contributed by atoms with E-state index in [2.05, 4.69) is 6.58 Å². The second-order valence-corrected chi connectivity index (χ2v) is 2.04. The molecule has 70 valence electrons. The van der Waals surface area contributed by atoms with E-state index in [4.69, 9.17) is 10.2 Å². The number of ketones is 2. The van der Waals surface area contributed by atoms with Crippen LogP contribution in [0.2, 0.25) is 0 Å². The highest BCUT2D eigenvalue weighted by Crippen LogP contribution is 1.91. The van der Waals surface area contributed by atoms with Gasteiger partial charge in [0.25, 0.3) is 0 Å². The summed E-state index contributed by atoms with van der Waals surface area (Å²) < 4.78 is 0. The minimum absolute atomic E-state index is 0.0741. The van der Waals surface area contributed by atoms with Gasteiger partial charge < -0.3 is 10.2 Å². The maximum atomic E-state index is 10.3. The molecule has 0 saturated heterocycles. The zero-order valence-corrected chi connectivity index (χ0v) is 7.33. The predicted octanol–water partition coefficient (Wildman–Crippen LogP) is -0.308. The molecule has 12 heavy (non-hydrogen) atoms. The summed E-state index contributed by atoms with van der Waals surface area (Å²) in [4.78, 5) is 20.5. The Labute approximate surface area is 71.5 Å². The van der Waals surface area contributed by atoms with Crippen molar-refractivity contribution >= 4 is 11.6 Å². The van der Waals surface area contributed by atoms with Gasteiger partial charge in [0.15, 0.2) is 11.6 Å². The SMILES string of the molecule is C=C(C(C)=O)C(C)=O.OCCO. The number of rotatable bonds is 3. The van der Waals surface area contributed by atoms with Crippen molar-refractivity contribution in [1.29, 1.82) is 0 Å². The van der Waals surface area contributed by atoms with E-state index in [1.165, 1.54) is 13.8 Å². The molecule has 0 aromatic heterocycles. The lowest BCUT2D eigenvalue weighted by Gasteiger charge is -1.88. The molecule has 4 nitrogen and oxygen atoms in total. The molecule has 0 aliphatic rings. The number of aliphatic hydroxyl groups is 2. The van der Waals surface area contributed by atoms with Crippen molar-refractivity contribution in [3.63, 3.8) is 0 Å². The fraction of sp³-hybridized carbons (Fsp3) is 0.500. The number of carbonyl (C=O) groups is 2. The van der Waals surface area contributed by atoms with Crippen LogP contribution in [0.15, 0.2) is 12.2 Å². The van der Waals surface area contributed by atoms with E-state index in [1.54, 1.807) is 0 Å². The lowest BCUT2D eigenvalue weighted by Crippen LogP contribution is -2.03. The van der Waals surface area contributed by atoms with Crippen molar-refractivity contribution in [2.45, 2.75) is 13.8 Å². The fourth-order valence-electron chi connectivity index (χ4n) is 0.248. The number of hydrogen-bond donors (Lipinski definition) is 2. The molecule has 0 bridgehead atoms. The van der Waals surface area contributed by atoms with Crippen LogP contribution in [0.1, 0.15) is 13.8 Å². The first kappa shape index (κ1) is 13.6. The number of aliphatic hydroxyl groups excluding tert-OH is 2. The van der Waals surface area contributed by atoms with E-state index in [9.17, 15) is 9.59 Å². The van der Waals surface area contributed by atoms with Gasteiger partial charge in [-0.3, -0.25) is 9.59 Å². The molecule has 0 rings (SSSR count). The first-order valence-corrected chi connectivity index (χ1v) is 3.39. The maximum Gasteiger partial charge on any atom is 0.162 e. The summed E-state index contributed by atoms with van der Waals surface area (Å²) in [5.74, 6) is -0.505. The minimum atomic E-state index is -0.252. The van der Waals surface area contributed by atoms with E-state index in [0.717, 1.165) is 0 Å². The summed E-state index contributed by atoms with van der Waals surface area (Å²) in [5, 5.41) is 15.2. The van der Waals surface area contributed by atoms with Gasteiger partial charge in [-0.05, 0) is 13.8 Å². The lowest BCUT2D eigenvalue weighted by molar-refractivity contribution is -0.119. The summed E-state index contributed by atoms with van der Waals surface area (Å²) in [6, 6.07) is 0. The van der Waals surface area contributed by atoms with Gasteiger partial charge in [0.05, 0.1) is 18.8 Å². The molecule has 0 aromatic rings. The van der Waals surface area contributed by atoms with Gasteiger partial charge in [-0.15, -0.1) is 0 Å². The number of carbonyl (C=O) groups excluding carboxylic acids is 2. The Morgan fingerprint density at radius 3 is 1.33 bits per heavy atom. The van der Waals surface area contributed by atoms with Crippen LogP contribution < -0.4 is 0 Å². The van der Waals surface area contributed by atoms with E-state index in [-0.39, 0.29) is 30.4 Å². The van der Waals surface area contributed by atoms with Crippen LogP contribution in [-0.2, 0) is 9.59 Å². The highest BCUT2D eigenvalue weighted by molar-refractivity contribution is 6.17. The lowest BCUT2D eigenvalue weighted by atomic mass is 10.1. The summed E-state index contributed by atoms with van der Waals surface area (Å²) in [6.07, 6.45) is 0. The van der Waals surface area contributed by atoms with Gasteiger partial charge in [0, 0.05) is 0 Å². The Morgan fingerprint density at radius 1 is 1.08 bits per heavy atom. The summed E-state index contributed by atoms with van der Waals surface area (Å²) >= 11 is 0. The largest absolute Gasteiger partial charge is 0.394 e. The fourth-order valence-corrected chi connectivity index (χ4v) is 0.248. The van der Waals surface area contributed by atoms with Crippen LogP contribution in [0.4, 0.5) is 0 Å². The van der Waals surface area contributed by atoms with Crippen LogP contribution in [0.5, 0.6) is 0 Å². The second kappa shape index (κ2) is 8.10. The van der Waals surface area contributed by atoms with Crippen LogP contribution in [0.3, 0.4) is 0 Å². The van der Waals surface area contributed by atoms with Gasteiger partial charge in [-0.25, -0.2) is 0 Å². The molecule has 0 amide bonds. The van der Waals surface area contributed by atoms with Gasteiger partial charge in [0.1, 0.15) is 0 Å². The molecule has 4 heteroatoms. The zero-order valence-electron chi connectivity index (χ0n) is 7.33. The first-order valence-electron chi connectivity index (χ1n) is 3.39. The minimum Gasteiger partial charge on any atom is -0.394 e. The first-order chi connectivity index (χ1) is 5.47. The van der Waals surface area contributed by atoms with E-state index in [1.807, 2.05) is 0 Å². The monoisotopic (exact) mass is 174 g/mol. The van der Waals surface area contributed by atoms with Crippen LogP contribution in [0.25, 0.3) is 0 Å². The molecule has 2 N–H and O–H groups in total. The van der Waals surface area contributed by atoms with Crippen molar-refractivity contribution in [3.8, 4) is 0 Å². The van der Waals surface area contributed by atoms with Gasteiger partial charge in [0.2, 0.25) is 0 Å². The molecule has 0 radical (unpaired) electrons. The molecule has 0 heterocycles. The zero-order chi connectivity index (χ0) is 10.1. The summed E-state index contributed by atoms with van der Waals surface area (Å²) in [6.45, 7) is 5.65. The van der Waals surface area contributed by atoms with Crippen LogP contribution >= 0.6 is 0 Å². The number of allylic oxidation sites excluding steroid dienone is 1. The highest BCUT2D eigenvalue weighted by Gasteiger charge is 2.03. The summed E-state index contributed by atoms with van der Waals surface area (Å²) in [5.41, 5.74) is 0.0741. The second-order valence-electron chi connectivity index (χ2n) is 2.04. The van der Waals surface area contributed by atoms with Crippen molar-refractivity contribution in [1.82, 2.24) is 0 Å². The average molecular weight is 174 g/mol. The molecule has 0 unspecified atom stereocenters. The Balaban J connectivity index is 0. The molecule has 0 spiro atoms. The Kier molecular flexibility index (Phi) is 9.17. The van der Waals surface area contributed by atoms with E-state index >= 15 is 0 Å². The number of Topliss-reactive ketones (excluding diaryl/α,β-unsaturated/α-hetero) is 2. The van der Waals surface area contributed by atoms with E-state index < -0.39 is 0 Å². The molecular weight excluding hydrogens is 160 g/mol. The third kappa shape index (κ3) is 9.00. The normalized spacial score (nSPS) is 8.00. The van der Waals surface area contributed by atoms with Crippen LogP contribution in [0, 0.1) is 0 Å². The van der Waals surface area contributed by atoms with Crippen molar-refractivity contribution in [3.05, 3.63) is 12.2 Å². The van der Waals surface area contributed by atoms with Crippen molar-refractivity contribution < 1.29 is 19.8 Å². The Bertz CT molecular complexity index is 154. The predicted molar refractivity (Wildman–Crippen MR) is 44.7 cm³/mol. The molecule has 0 atom stereocenters. The molecular formula is C8H14O4. The van der Waals surface area contributed by atoms with Gasteiger partial charge >= 0.3 is 0 Å². The Hall–Kier alpha value is -1.00. The van der Waals surface area contributed by atoms with Crippen molar-refractivity contribution in [2.24, 2.45) is 0 Å². The van der Waals surface area contributed by atoms with E-state index in [0.29, 0.717) is 0 Å². The molecule has 0 aromatic carbocycles. The average Bonchev–Trinajstić information content (AvgIpc) is 2.03. The number of hydrogen-bond acceptors (Lipinski definition) is 4. The van der Waals surface area contributed by atoms with Gasteiger partial charge in [-0.2, -0.15) is 0 Å². The third-order valence-corrected chi connectivity index (χ3v) is 0.950.